The summed E-state index contributed by atoms with van der Waals surface area (Å²) in [5.41, 5.74) is 1.06. The molecule has 0 radical (unpaired) electrons. The van der Waals surface area contributed by atoms with Gasteiger partial charge in [0, 0.05) is 36.3 Å². The number of thiophene rings is 1. The predicted molar refractivity (Wildman–Crippen MR) is 70.9 cm³/mol. The van der Waals surface area contributed by atoms with E-state index in [-0.39, 0.29) is 0 Å². The zero-order valence-corrected chi connectivity index (χ0v) is 10.6. The number of carbonyl (C=O) groups is 1. The van der Waals surface area contributed by atoms with Crippen molar-refractivity contribution < 1.29 is 9.90 Å². The highest BCUT2D eigenvalue weighted by atomic mass is 32.1. The fourth-order valence-electron chi connectivity index (χ4n) is 1.56. The summed E-state index contributed by atoms with van der Waals surface area (Å²) in [6.07, 6.45) is 2.66. The number of aromatic nitrogens is 1. The van der Waals surface area contributed by atoms with Crippen LogP contribution in [-0.2, 0) is 13.0 Å². The maximum absolute atomic E-state index is 10.7. The molecule has 0 aliphatic carbocycles. The minimum absolute atomic E-state index is 0.386. The standard InChI is InChI=1S/C13H14N2O2S/c16-13(17)12-5-4-11(18-12)9-14-8-6-10-3-1-2-7-15-10/h1-5,7,14H,6,8-9H2,(H,16,17). The molecule has 2 N–H and O–H groups in total. The first-order valence-electron chi connectivity index (χ1n) is 5.68. The number of hydrogen-bond acceptors (Lipinski definition) is 4. The molecule has 0 saturated carbocycles. The Morgan fingerprint density at radius 2 is 2.22 bits per heavy atom. The molecule has 2 aromatic heterocycles. The summed E-state index contributed by atoms with van der Waals surface area (Å²) in [4.78, 5) is 16.4. The van der Waals surface area contributed by atoms with Crippen LogP contribution in [0.2, 0.25) is 0 Å². The molecule has 0 fully saturated rings. The highest BCUT2D eigenvalue weighted by molar-refractivity contribution is 7.13. The van der Waals surface area contributed by atoms with Crippen LogP contribution < -0.4 is 5.32 Å². The van der Waals surface area contributed by atoms with E-state index in [0.29, 0.717) is 11.4 Å². The molecule has 0 saturated heterocycles. The lowest BCUT2D eigenvalue weighted by atomic mass is 10.3. The van der Waals surface area contributed by atoms with Gasteiger partial charge in [-0.3, -0.25) is 4.98 Å². The van der Waals surface area contributed by atoms with Gasteiger partial charge in [0.15, 0.2) is 0 Å². The van der Waals surface area contributed by atoms with E-state index in [0.717, 1.165) is 23.5 Å². The molecule has 18 heavy (non-hydrogen) atoms. The van der Waals surface area contributed by atoms with Crippen molar-refractivity contribution in [3.63, 3.8) is 0 Å². The molecule has 94 valence electrons. The lowest BCUT2D eigenvalue weighted by Crippen LogP contribution is -2.16. The second-order valence-corrected chi connectivity index (χ2v) is 4.99. The quantitative estimate of drug-likeness (QED) is 0.783. The van der Waals surface area contributed by atoms with Crippen LogP contribution >= 0.6 is 11.3 Å². The van der Waals surface area contributed by atoms with E-state index in [2.05, 4.69) is 10.3 Å². The minimum Gasteiger partial charge on any atom is -0.477 e. The van der Waals surface area contributed by atoms with E-state index >= 15 is 0 Å². The second-order valence-electron chi connectivity index (χ2n) is 3.82. The Labute approximate surface area is 109 Å². The number of carboxylic acids is 1. The number of rotatable bonds is 6. The summed E-state index contributed by atoms with van der Waals surface area (Å²) in [7, 11) is 0. The fraction of sp³-hybridized carbons (Fsp3) is 0.231. The highest BCUT2D eigenvalue weighted by Crippen LogP contribution is 2.15. The van der Waals surface area contributed by atoms with Crippen molar-refractivity contribution in [3.8, 4) is 0 Å². The first kappa shape index (κ1) is 12.7. The lowest BCUT2D eigenvalue weighted by molar-refractivity contribution is 0.0702. The Bertz CT molecular complexity index is 511. The zero-order chi connectivity index (χ0) is 12.8. The Hall–Kier alpha value is -1.72. The van der Waals surface area contributed by atoms with Gasteiger partial charge in [0.05, 0.1) is 0 Å². The molecule has 0 atom stereocenters. The van der Waals surface area contributed by atoms with Gasteiger partial charge in [-0.05, 0) is 24.3 Å². The van der Waals surface area contributed by atoms with E-state index in [1.165, 1.54) is 11.3 Å². The molecule has 0 amide bonds. The Morgan fingerprint density at radius 3 is 2.89 bits per heavy atom. The third-order valence-electron chi connectivity index (χ3n) is 2.46. The summed E-state index contributed by atoms with van der Waals surface area (Å²) in [6, 6.07) is 9.36. The Balaban J connectivity index is 1.73. The maximum atomic E-state index is 10.7. The van der Waals surface area contributed by atoms with Crippen LogP contribution in [0.5, 0.6) is 0 Å². The Kier molecular flexibility index (Phi) is 4.44. The number of nitrogens with one attached hydrogen (secondary N) is 1. The van der Waals surface area contributed by atoms with E-state index in [4.69, 9.17) is 5.11 Å². The smallest absolute Gasteiger partial charge is 0.345 e. The van der Waals surface area contributed by atoms with Crippen LogP contribution in [0, 0.1) is 0 Å². The molecule has 0 unspecified atom stereocenters. The van der Waals surface area contributed by atoms with Gasteiger partial charge in [-0.2, -0.15) is 0 Å². The minimum atomic E-state index is -0.861. The van der Waals surface area contributed by atoms with Gasteiger partial charge in [-0.25, -0.2) is 4.79 Å². The molecule has 0 aromatic carbocycles. The molecule has 0 spiro atoms. The van der Waals surface area contributed by atoms with Crippen molar-refractivity contribution in [1.29, 1.82) is 0 Å². The topological polar surface area (TPSA) is 62.2 Å². The van der Waals surface area contributed by atoms with Crippen LogP contribution in [-0.4, -0.2) is 22.6 Å². The van der Waals surface area contributed by atoms with Crippen molar-refractivity contribution >= 4 is 17.3 Å². The number of aromatic carboxylic acids is 1. The van der Waals surface area contributed by atoms with E-state index in [1.54, 1.807) is 12.3 Å². The molecule has 2 heterocycles. The lowest BCUT2D eigenvalue weighted by Gasteiger charge is -2.02. The van der Waals surface area contributed by atoms with Gasteiger partial charge < -0.3 is 10.4 Å². The van der Waals surface area contributed by atoms with Crippen LogP contribution in [0.25, 0.3) is 0 Å². The van der Waals surface area contributed by atoms with Crippen molar-refractivity contribution in [2.45, 2.75) is 13.0 Å². The largest absolute Gasteiger partial charge is 0.477 e. The second kappa shape index (κ2) is 6.28. The molecular formula is C13H14N2O2S. The number of nitrogens with zero attached hydrogens (tertiary/aromatic N) is 1. The van der Waals surface area contributed by atoms with Gasteiger partial charge in [0.2, 0.25) is 0 Å². The third-order valence-corrected chi connectivity index (χ3v) is 3.53. The van der Waals surface area contributed by atoms with Crippen molar-refractivity contribution in [1.82, 2.24) is 10.3 Å². The molecule has 2 aromatic rings. The summed E-state index contributed by atoms with van der Waals surface area (Å²) >= 11 is 1.31. The van der Waals surface area contributed by atoms with E-state index in [9.17, 15) is 4.79 Å². The molecule has 0 aliphatic rings. The zero-order valence-electron chi connectivity index (χ0n) is 9.80. The third kappa shape index (κ3) is 3.65. The molecule has 2 rings (SSSR count). The molecule has 5 heteroatoms. The first-order chi connectivity index (χ1) is 8.75. The highest BCUT2D eigenvalue weighted by Gasteiger charge is 2.06. The SMILES string of the molecule is O=C(O)c1ccc(CNCCc2ccccn2)s1. The average molecular weight is 262 g/mol. The molecule has 4 nitrogen and oxygen atoms in total. The molecule has 0 aliphatic heterocycles. The first-order valence-corrected chi connectivity index (χ1v) is 6.50. The van der Waals surface area contributed by atoms with Gasteiger partial charge in [-0.15, -0.1) is 11.3 Å². The molecule has 0 bridgehead atoms. The van der Waals surface area contributed by atoms with Crippen molar-refractivity contribution in [2.24, 2.45) is 0 Å². The average Bonchev–Trinajstić information content (AvgIpc) is 2.85. The summed E-state index contributed by atoms with van der Waals surface area (Å²) in [5, 5.41) is 12.1. The van der Waals surface area contributed by atoms with Gasteiger partial charge in [0.25, 0.3) is 0 Å². The van der Waals surface area contributed by atoms with Crippen LogP contribution in [0.1, 0.15) is 20.2 Å². The summed E-state index contributed by atoms with van der Waals surface area (Å²) < 4.78 is 0. The number of carboxylic acid groups (broad SMARTS) is 1. The van der Waals surface area contributed by atoms with Crippen molar-refractivity contribution in [3.05, 3.63) is 52.0 Å². The normalized spacial score (nSPS) is 10.4. The van der Waals surface area contributed by atoms with Gasteiger partial charge in [-0.1, -0.05) is 6.07 Å². The van der Waals surface area contributed by atoms with E-state index in [1.807, 2.05) is 24.3 Å². The monoisotopic (exact) mass is 262 g/mol. The Morgan fingerprint density at radius 1 is 1.33 bits per heavy atom. The predicted octanol–water partition coefficient (Wildman–Crippen LogP) is 2.17. The van der Waals surface area contributed by atoms with Crippen LogP contribution in [0.15, 0.2) is 36.5 Å². The van der Waals surface area contributed by atoms with Crippen LogP contribution in [0.4, 0.5) is 0 Å². The van der Waals surface area contributed by atoms with E-state index < -0.39 is 5.97 Å². The molecular weight excluding hydrogens is 248 g/mol. The van der Waals surface area contributed by atoms with Gasteiger partial charge in [0.1, 0.15) is 4.88 Å². The summed E-state index contributed by atoms with van der Waals surface area (Å²) in [5.74, 6) is -0.861. The number of pyridine rings is 1. The number of hydrogen-bond donors (Lipinski definition) is 2. The van der Waals surface area contributed by atoms with Crippen LogP contribution in [0.3, 0.4) is 0 Å². The fourth-order valence-corrected chi connectivity index (χ4v) is 2.38. The summed E-state index contributed by atoms with van der Waals surface area (Å²) in [6.45, 7) is 1.53. The maximum Gasteiger partial charge on any atom is 0.345 e. The van der Waals surface area contributed by atoms with Gasteiger partial charge >= 0.3 is 5.97 Å². The van der Waals surface area contributed by atoms with Crippen molar-refractivity contribution in [2.75, 3.05) is 6.54 Å².